The molecule has 1 aromatic heterocycles. The van der Waals surface area contributed by atoms with Crippen molar-refractivity contribution in [1.82, 2.24) is 4.57 Å². The number of pyridine rings is 1. The topological polar surface area (TPSA) is 31.2 Å². The summed E-state index contributed by atoms with van der Waals surface area (Å²) in [6, 6.07) is 13.1. The van der Waals surface area contributed by atoms with Gasteiger partial charge in [0.25, 0.3) is 5.56 Å². The summed E-state index contributed by atoms with van der Waals surface area (Å²) in [4.78, 5) is 11.5. The fourth-order valence-electron chi connectivity index (χ4n) is 1.69. The second kappa shape index (κ2) is 5.34. The van der Waals surface area contributed by atoms with Crippen LogP contribution in [0, 0.1) is 0 Å². The van der Waals surface area contributed by atoms with Crippen molar-refractivity contribution < 1.29 is 4.74 Å². The maximum Gasteiger partial charge on any atom is 0.250 e. The van der Waals surface area contributed by atoms with Crippen LogP contribution in [-0.2, 0) is 13.0 Å². The van der Waals surface area contributed by atoms with Crippen LogP contribution in [0.25, 0.3) is 0 Å². The van der Waals surface area contributed by atoms with Gasteiger partial charge in [0, 0.05) is 18.8 Å². The third-order valence-corrected chi connectivity index (χ3v) is 2.70. The first kappa shape index (κ1) is 11.5. The first-order valence-corrected chi connectivity index (χ1v) is 5.58. The summed E-state index contributed by atoms with van der Waals surface area (Å²) in [6.45, 7) is 0.700. The third-order valence-electron chi connectivity index (χ3n) is 2.70. The number of hydrogen-bond donors (Lipinski definition) is 0. The number of rotatable bonds is 4. The molecule has 1 heterocycles. The Balaban J connectivity index is 2.02. The second-order valence-corrected chi connectivity index (χ2v) is 3.83. The minimum absolute atomic E-state index is 0.0426. The van der Waals surface area contributed by atoms with Crippen LogP contribution in [0.1, 0.15) is 5.56 Å². The highest BCUT2D eigenvalue weighted by atomic mass is 16.5. The van der Waals surface area contributed by atoms with Crippen molar-refractivity contribution in [2.75, 3.05) is 7.11 Å². The number of nitrogens with zero attached hydrogens (tertiary/aromatic N) is 1. The van der Waals surface area contributed by atoms with Crippen LogP contribution in [0.2, 0.25) is 0 Å². The fraction of sp³-hybridized carbons (Fsp3) is 0.214. The van der Waals surface area contributed by atoms with E-state index in [9.17, 15) is 4.79 Å². The van der Waals surface area contributed by atoms with E-state index in [0.717, 1.165) is 12.2 Å². The van der Waals surface area contributed by atoms with E-state index in [0.29, 0.717) is 6.54 Å². The van der Waals surface area contributed by atoms with Gasteiger partial charge < -0.3 is 9.30 Å². The lowest BCUT2D eigenvalue weighted by atomic mass is 10.1. The van der Waals surface area contributed by atoms with Gasteiger partial charge in [-0.25, -0.2) is 0 Å². The zero-order chi connectivity index (χ0) is 12.1. The minimum atomic E-state index is 0.0426. The smallest absolute Gasteiger partial charge is 0.250 e. The highest BCUT2D eigenvalue weighted by molar-refractivity contribution is 5.27. The fourth-order valence-corrected chi connectivity index (χ4v) is 1.69. The monoisotopic (exact) mass is 229 g/mol. The summed E-state index contributed by atoms with van der Waals surface area (Å²) >= 11 is 0. The molecule has 17 heavy (non-hydrogen) atoms. The van der Waals surface area contributed by atoms with E-state index in [1.54, 1.807) is 23.8 Å². The molecule has 0 aliphatic rings. The molecule has 0 aliphatic heterocycles. The molecule has 3 nitrogen and oxygen atoms in total. The van der Waals surface area contributed by atoms with Crippen molar-refractivity contribution in [2.45, 2.75) is 13.0 Å². The zero-order valence-corrected chi connectivity index (χ0v) is 9.80. The molecular weight excluding hydrogens is 214 g/mol. The molecule has 0 spiro atoms. The van der Waals surface area contributed by atoms with Crippen LogP contribution < -0.4 is 10.3 Å². The van der Waals surface area contributed by atoms with Crippen LogP contribution in [0.4, 0.5) is 0 Å². The molecule has 1 aromatic carbocycles. The molecule has 0 N–H and O–H groups in total. The maximum atomic E-state index is 11.5. The molecule has 2 rings (SSSR count). The molecule has 0 radical (unpaired) electrons. The van der Waals surface area contributed by atoms with E-state index in [1.165, 1.54) is 5.56 Å². The predicted molar refractivity (Wildman–Crippen MR) is 67.4 cm³/mol. The van der Waals surface area contributed by atoms with E-state index in [2.05, 4.69) is 0 Å². The Kier molecular flexibility index (Phi) is 3.60. The van der Waals surface area contributed by atoms with Gasteiger partial charge in [0.15, 0.2) is 0 Å². The van der Waals surface area contributed by atoms with Crippen LogP contribution in [0.15, 0.2) is 53.5 Å². The Labute approximate surface area is 100 Å². The third kappa shape index (κ3) is 2.97. The van der Waals surface area contributed by atoms with Crippen molar-refractivity contribution in [3.63, 3.8) is 0 Å². The van der Waals surface area contributed by atoms with Gasteiger partial charge in [0.2, 0.25) is 0 Å². The predicted octanol–water partition coefficient (Wildman–Crippen LogP) is 2.10. The van der Waals surface area contributed by atoms with Crippen molar-refractivity contribution in [3.8, 4) is 5.75 Å². The molecule has 0 fully saturated rings. The number of methoxy groups -OCH3 is 1. The Morgan fingerprint density at radius 1 is 1.12 bits per heavy atom. The molecule has 0 bridgehead atoms. The van der Waals surface area contributed by atoms with Gasteiger partial charge in [-0.05, 0) is 30.2 Å². The van der Waals surface area contributed by atoms with E-state index in [1.807, 2.05) is 36.5 Å². The van der Waals surface area contributed by atoms with Crippen LogP contribution in [-0.4, -0.2) is 11.7 Å². The molecule has 0 atom stereocenters. The normalized spacial score (nSPS) is 10.2. The first-order valence-electron chi connectivity index (χ1n) is 5.58. The summed E-state index contributed by atoms with van der Waals surface area (Å²) in [7, 11) is 1.65. The molecule has 0 unspecified atom stereocenters. The average molecular weight is 229 g/mol. The van der Waals surface area contributed by atoms with Crippen molar-refractivity contribution >= 4 is 0 Å². The maximum absolute atomic E-state index is 11.5. The summed E-state index contributed by atoms with van der Waals surface area (Å²) in [5.41, 5.74) is 1.24. The van der Waals surface area contributed by atoms with Gasteiger partial charge in [-0.2, -0.15) is 0 Å². The summed E-state index contributed by atoms with van der Waals surface area (Å²) in [5, 5.41) is 0. The van der Waals surface area contributed by atoms with Crippen molar-refractivity contribution in [2.24, 2.45) is 0 Å². The lowest BCUT2D eigenvalue weighted by Gasteiger charge is -2.06. The minimum Gasteiger partial charge on any atom is -0.497 e. The van der Waals surface area contributed by atoms with Gasteiger partial charge in [-0.3, -0.25) is 4.79 Å². The molecule has 88 valence electrons. The van der Waals surface area contributed by atoms with Crippen LogP contribution >= 0.6 is 0 Å². The molecular formula is C14H15NO2. The SMILES string of the molecule is COc1ccc(CCn2ccccc2=O)cc1. The number of benzene rings is 1. The van der Waals surface area contributed by atoms with Crippen LogP contribution in [0.5, 0.6) is 5.75 Å². The Morgan fingerprint density at radius 3 is 2.53 bits per heavy atom. The van der Waals surface area contributed by atoms with E-state index >= 15 is 0 Å². The molecule has 0 aliphatic carbocycles. The Hall–Kier alpha value is -2.03. The highest BCUT2D eigenvalue weighted by Gasteiger charge is 1.97. The lowest BCUT2D eigenvalue weighted by Crippen LogP contribution is -2.18. The van der Waals surface area contributed by atoms with Crippen molar-refractivity contribution in [3.05, 3.63) is 64.6 Å². The quantitative estimate of drug-likeness (QED) is 0.804. The summed E-state index contributed by atoms with van der Waals surface area (Å²) in [6.07, 6.45) is 2.65. The second-order valence-electron chi connectivity index (χ2n) is 3.83. The first-order chi connectivity index (χ1) is 8.29. The standard InChI is InChI=1S/C14H15NO2/c1-17-13-7-5-12(6-8-13)9-11-15-10-3-2-4-14(15)16/h2-8,10H,9,11H2,1H3. The summed E-state index contributed by atoms with van der Waals surface area (Å²) in [5.74, 6) is 0.852. The average Bonchev–Trinajstić information content (AvgIpc) is 2.38. The number of aromatic nitrogens is 1. The zero-order valence-electron chi connectivity index (χ0n) is 9.80. The Bertz CT molecular complexity index is 528. The highest BCUT2D eigenvalue weighted by Crippen LogP contribution is 2.11. The largest absolute Gasteiger partial charge is 0.497 e. The molecule has 3 heteroatoms. The van der Waals surface area contributed by atoms with Crippen LogP contribution in [0.3, 0.4) is 0 Å². The molecule has 0 amide bonds. The Morgan fingerprint density at radius 2 is 1.88 bits per heavy atom. The number of hydrogen-bond acceptors (Lipinski definition) is 2. The molecule has 0 saturated carbocycles. The molecule has 2 aromatic rings. The van der Waals surface area contributed by atoms with Gasteiger partial charge in [-0.15, -0.1) is 0 Å². The van der Waals surface area contributed by atoms with E-state index < -0.39 is 0 Å². The van der Waals surface area contributed by atoms with Gasteiger partial charge >= 0.3 is 0 Å². The van der Waals surface area contributed by atoms with E-state index in [-0.39, 0.29) is 5.56 Å². The number of aryl methyl sites for hydroxylation is 2. The van der Waals surface area contributed by atoms with Gasteiger partial charge in [0.1, 0.15) is 5.75 Å². The summed E-state index contributed by atoms with van der Waals surface area (Å²) < 4.78 is 6.81. The molecule has 0 saturated heterocycles. The van der Waals surface area contributed by atoms with Gasteiger partial charge in [0.05, 0.1) is 7.11 Å². The van der Waals surface area contributed by atoms with Crippen molar-refractivity contribution in [1.29, 1.82) is 0 Å². The van der Waals surface area contributed by atoms with E-state index in [4.69, 9.17) is 4.74 Å². The lowest BCUT2D eigenvalue weighted by molar-refractivity contribution is 0.414. The van der Waals surface area contributed by atoms with Gasteiger partial charge in [-0.1, -0.05) is 18.2 Å². The number of ether oxygens (including phenoxy) is 1.